The van der Waals surface area contributed by atoms with Crippen LogP contribution in [-0.2, 0) is 13.0 Å². The van der Waals surface area contributed by atoms with Crippen LogP contribution in [0.5, 0.6) is 0 Å². The van der Waals surface area contributed by atoms with Gasteiger partial charge in [-0.1, -0.05) is 54.6 Å². The van der Waals surface area contributed by atoms with Crippen LogP contribution >= 0.6 is 0 Å². The molecule has 37 heavy (non-hydrogen) atoms. The highest BCUT2D eigenvalue weighted by Crippen LogP contribution is 2.28. The third kappa shape index (κ3) is 4.56. The van der Waals surface area contributed by atoms with Crippen molar-refractivity contribution in [1.29, 1.82) is 0 Å². The number of pyridine rings is 2. The van der Waals surface area contributed by atoms with E-state index in [4.69, 9.17) is 5.73 Å². The van der Waals surface area contributed by atoms with Crippen LogP contribution in [0.15, 0.2) is 89.2 Å². The van der Waals surface area contributed by atoms with Gasteiger partial charge in [-0.25, -0.2) is 20.0 Å². The molecule has 0 spiro atoms. The SMILES string of the molecule is C=NN(Cc1cc2cccc(C)c2c(=O)n1-c1ncccc1C)c1ncnc(N)c1Cc1ccccc1. The Bertz CT molecular complexity index is 1660. The van der Waals surface area contributed by atoms with E-state index in [-0.39, 0.29) is 12.1 Å². The zero-order valence-electron chi connectivity index (χ0n) is 20.8. The summed E-state index contributed by atoms with van der Waals surface area (Å²) in [5, 5.41) is 7.44. The Morgan fingerprint density at radius 2 is 1.76 bits per heavy atom. The van der Waals surface area contributed by atoms with Crippen molar-refractivity contribution in [2.24, 2.45) is 5.10 Å². The molecule has 0 saturated heterocycles. The molecule has 0 atom stereocenters. The summed E-state index contributed by atoms with van der Waals surface area (Å²) >= 11 is 0. The molecule has 0 aliphatic rings. The summed E-state index contributed by atoms with van der Waals surface area (Å²) in [7, 11) is 0. The predicted octanol–water partition coefficient (Wildman–Crippen LogP) is 4.59. The smallest absolute Gasteiger partial charge is 0.264 e. The topological polar surface area (TPSA) is 102 Å². The van der Waals surface area contributed by atoms with Crippen molar-refractivity contribution in [3.8, 4) is 5.82 Å². The Morgan fingerprint density at radius 1 is 0.973 bits per heavy atom. The molecule has 3 aromatic heterocycles. The van der Waals surface area contributed by atoms with Gasteiger partial charge in [0.2, 0.25) is 0 Å². The summed E-state index contributed by atoms with van der Waals surface area (Å²) in [4.78, 5) is 27.2. The molecule has 5 aromatic rings. The number of aryl methyl sites for hydroxylation is 2. The minimum Gasteiger partial charge on any atom is -0.383 e. The van der Waals surface area contributed by atoms with Crippen molar-refractivity contribution < 1.29 is 0 Å². The van der Waals surface area contributed by atoms with E-state index in [2.05, 4.69) is 26.8 Å². The van der Waals surface area contributed by atoms with Crippen molar-refractivity contribution in [2.45, 2.75) is 26.8 Å². The first-order chi connectivity index (χ1) is 18.0. The summed E-state index contributed by atoms with van der Waals surface area (Å²) in [6, 6.07) is 21.6. The molecular weight excluding hydrogens is 462 g/mol. The van der Waals surface area contributed by atoms with E-state index in [1.807, 2.05) is 80.6 Å². The minimum absolute atomic E-state index is 0.136. The number of anilines is 2. The lowest BCUT2D eigenvalue weighted by Crippen LogP contribution is -2.28. The Morgan fingerprint density at radius 3 is 2.51 bits per heavy atom. The second kappa shape index (κ2) is 10.0. The molecule has 184 valence electrons. The molecular formula is C29H27N7O. The monoisotopic (exact) mass is 489 g/mol. The van der Waals surface area contributed by atoms with Gasteiger partial charge in [0.25, 0.3) is 5.56 Å². The predicted molar refractivity (Wildman–Crippen MR) is 148 cm³/mol. The average molecular weight is 490 g/mol. The summed E-state index contributed by atoms with van der Waals surface area (Å²) in [6.07, 6.45) is 3.63. The molecule has 0 aliphatic heterocycles. The van der Waals surface area contributed by atoms with Crippen molar-refractivity contribution in [3.05, 3.63) is 118 Å². The summed E-state index contributed by atoms with van der Waals surface area (Å²) < 4.78 is 1.66. The van der Waals surface area contributed by atoms with Crippen molar-refractivity contribution in [2.75, 3.05) is 10.7 Å². The van der Waals surface area contributed by atoms with Crippen molar-refractivity contribution in [3.63, 3.8) is 0 Å². The standard InChI is InChI=1S/C29H27N7O/c1-19-9-7-13-22-16-23(36(29(37)25(19)22)27-20(2)10-8-14-32-27)17-35(31-3)28-24(26(30)33-18-34-28)15-21-11-5-4-6-12-21/h4-14,16,18H,3,15,17H2,1-2H3,(H2,30,33,34). The molecule has 2 aromatic carbocycles. The van der Waals surface area contributed by atoms with Gasteiger partial charge in [-0.3, -0.25) is 9.36 Å². The maximum absolute atomic E-state index is 13.9. The molecule has 8 nitrogen and oxygen atoms in total. The van der Waals surface area contributed by atoms with Gasteiger partial charge in [-0.05, 0) is 48.1 Å². The van der Waals surface area contributed by atoms with Crippen LogP contribution in [0, 0.1) is 13.8 Å². The first-order valence-corrected chi connectivity index (χ1v) is 11.9. The fraction of sp³-hybridized carbons (Fsp3) is 0.138. The van der Waals surface area contributed by atoms with Crippen molar-refractivity contribution in [1.82, 2.24) is 19.5 Å². The zero-order valence-corrected chi connectivity index (χ0v) is 20.8. The molecule has 0 fully saturated rings. The Labute approximate surface area is 214 Å². The lowest BCUT2D eigenvalue weighted by atomic mass is 10.0. The third-order valence-electron chi connectivity index (χ3n) is 6.43. The number of nitrogens with two attached hydrogens (primary N) is 1. The third-order valence-corrected chi connectivity index (χ3v) is 6.43. The maximum atomic E-state index is 13.9. The zero-order chi connectivity index (χ0) is 25.9. The van der Waals surface area contributed by atoms with E-state index in [1.165, 1.54) is 6.33 Å². The normalized spacial score (nSPS) is 11.0. The molecule has 0 amide bonds. The molecule has 0 bridgehead atoms. The van der Waals surface area contributed by atoms with Crippen molar-refractivity contribution >= 4 is 29.1 Å². The first-order valence-electron chi connectivity index (χ1n) is 11.9. The second-order valence-electron chi connectivity index (χ2n) is 8.88. The van der Waals surface area contributed by atoms with Gasteiger partial charge in [-0.2, -0.15) is 5.10 Å². The van der Waals surface area contributed by atoms with Gasteiger partial charge >= 0.3 is 0 Å². The molecule has 5 rings (SSSR count). The summed E-state index contributed by atoms with van der Waals surface area (Å²) in [6.45, 7) is 7.90. The van der Waals surface area contributed by atoms with Gasteiger partial charge in [0.1, 0.15) is 18.0 Å². The number of fused-ring (bicyclic) bond motifs is 1. The number of aromatic nitrogens is 4. The van der Waals surface area contributed by atoms with Crippen LogP contribution < -0.4 is 16.3 Å². The largest absolute Gasteiger partial charge is 0.383 e. The fourth-order valence-corrected chi connectivity index (χ4v) is 4.60. The molecule has 0 unspecified atom stereocenters. The number of hydrazone groups is 1. The number of hydrogen-bond donors (Lipinski definition) is 1. The minimum atomic E-state index is -0.136. The highest BCUT2D eigenvalue weighted by atomic mass is 16.1. The lowest BCUT2D eigenvalue weighted by molar-refractivity contribution is 0.759. The van der Waals surface area contributed by atoms with E-state index < -0.39 is 0 Å². The Hall–Kier alpha value is -4.85. The Balaban J connectivity index is 1.67. The van der Waals surface area contributed by atoms with E-state index >= 15 is 0 Å². The lowest BCUT2D eigenvalue weighted by Gasteiger charge is -2.23. The van der Waals surface area contributed by atoms with E-state index in [0.29, 0.717) is 35.0 Å². The number of nitrogen functional groups attached to an aromatic ring is 1. The second-order valence-corrected chi connectivity index (χ2v) is 8.88. The number of nitrogens with zero attached hydrogens (tertiary/aromatic N) is 6. The van der Waals surface area contributed by atoms with E-state index in [9.17, 15) is 4.79 Å². The molecule has 8 heteroatoms. The highest BCUT2D eigenvalue weighted by molar-refractivity contribution is 5.85. The van der Waals surface area contributed by atoms with Gasteiger partial charge in [0, 0.05) is 24.9 Å². The van der Waals surface area contributed by atoms with Crippen LogP contribution in [0.4, 0.5) is 11.6 Å². The fourth-order valence-electron chi connectivity index (χ4n) is 4.60. The van der Waals surface area contributed by atoms with E-state index in [0.717, 1.165) is 27.6 Å². The number of benzene rings is 2. The summed E-state index contributed by atoms with van der Waals surface area (Å²) in [5.74, 6) is 1.48. The van der Waals surface area contributed by atoms with Crippen LogP contribution in [0.2, 0.25) is 0 Å². The quantitative estimate of drug-likeness (QED) is 0.265. The molecule has 0 radical (unpaired) electrons. The van der Waals surface area contributed by atoms with Crippen LogP contribution in [-0.4, -0.2) is 26.2 Å². The van der Waals surface area contributed by atoms with Crippen LogP contribution in [0.25, 0.3) is 16.6 Å². The van der Waals surface area contributed by atoms with Gasteiger partial charge in [0.05, 0.1) is 17.6 Å². The van der Waals surface area contributed by atoms with Gasteiger partial charge < -0.3 is 5.73 Å². The summed E-state index contributed by atoms with van der Waals surface area (Å²) in [5.41, 5.74) is 10.5. The van der Waals surface area contributed by atoms with Crippen LogP contribution in [0.1, 0.15) is 27.9 Å². The molecule has 0 aliphatic carbocycles. The molecule has 0 saturated carbocycles. The van der Waals surface area contributed by atoms with Gasteiger partial charge in [0.15, 0.2) is 5.82 Å². The molecule has 2 N–H and O–H groups in total. The van der Waals surface area contributed by atoms with Gasteiger partial charge in [-0.15, -0.1) is 0 Å². The number of rotatable bonds is 7. The van der Waals surface area contributed by atoms with E-state index in [1.54, 1.807) is 15.8 Å². The average Bonchev–Trinajstić information content (AvgIpc) is 2.90. The Kier molecular flexibility index (Phi) is 6.47. The number of hydrogen-bond acceptors (Lipinski definition) is 7. The highest BCUT2D eigenvalue weighted by Gasteiger charge is 2.21. The maximum Gasteiger partial charge on any atom is 0.264 e. The van der Waals surface area contributed by atoms with Crippen LogP contribution in [0.3, 0.4) is 0 Å². The first kappa shape index (κ1) is 23.9. The molecule has 3 heterocycles.